The van der Waals surface area contributed by atoms with Crippen molar-refractivity contribution in [3.05, 3.63) is 47.7 Å². The molecule has 0 unspecified atom stereocenters. The molecule has 0 atom stereocenters. The molecule has 0 bridgehead atoms. The number of rotatable bonds is 4. The Morgan fingerprint density at radius 3 is 2.57 bits per heavy atom. The topological polar surface area (TPSA) is 57.4 Å². The van der Waals surface area contributed by atoms with E-state index in [0.717, 1.165) is 6.07 Å². The summed E-state index contributed by atoms with van der Waals surface area (Å²) in [6.45, 7) is 0.0102. The first kappa shape index (κ1) is 15.1. The van der Waals surface area contributed by atoms with Crippen LogP contribution < -0.4 is 15.2 Å². The van der Waals surface area contributed by atoms with Crippen molar-refractivity contribution in [1.82, 2.24) is 4.98 Å². The number of hydrogen-bond acceptors (Lipinski definition) is 4. The predicted octanol–water partition coefficient (Wildman–Crippen LogP) is 3.36. The maximum absolute atomic E-state index is 13.1. The van der Waals surface area contributed by atoms with Crippen molar-refractivity contribution >= 4 is 0 Å². The second kappa shape index (κ2) is 6.01. The van der Waals surface area contributed by atoms with Crippen LogP contribution in [0, 0.1) is 0 Å². The third kappa shape index (κ3) is 3.43. The molecule has 0 fully saturated rings. The lowest BCUT2D eigenvalue weighted by atomic mass is 10.1. The van der Waals surface area contributed by atoms with Gasteiger partial charge in [0.15, 0.2) is 5.75 Å². The Labute approximate surface area is 119 Å². The summed E-state index contributed by atoms with van der Waals surface area (Å²) in [5, 5.41) is 0. The summed E-state index contributed by atoms with van der Waals surface area (Å²) in [7, 11) is 1.38. The van der Waals surface area contributed by atoms with E-state index >= 15 is 0 Å². The van der Waals surface area contributed by atoms with Crippen molar-refractivity contribution in [2.75, 3.05) is 7.11 Å². The van der Waals surface area contributed by atoms with Gasteiger partial charge in [-0.2, -0.15) is 13.2 Å². The minimum absolute atomic E-state index is 0.0102. The molecule has 112 valence electrons. The van der Waals surface area contributed by atoms with Gasteiger partial charge in [-0.05, 0) is 29.8 Å². The first-order valence-electron chi connectivity index (χ1n) is 6.02. The largest absolute Gasteiger partial charge is 0.491 e. The number of halogens is 3. The molecule has 0 aliphatic rings. The third-order valence-electron chi connectivity index (χ3n) is 2.75. The van der Waals surface area contributed by atoms with Gasteiger partial charge in [0.2, 0.25) is 0 Å². The van der Waals surface area contributed by atoms with E-state index in [9.17, 15) is 13.2 Å². The zero-order valence-corrected chi connectivity index (χ0v) is 11.1. The van der Waals surface area contributed by atoms with Gasteiger partial charge in [0.1, 0.15) is 5.75 Å². The van der Waals surface area contributed by atoms with Crippen molar-refractivity contribution in [3.63, 3.8) is 0 Å². The maximum atomic E-state index is 13.1. The number of methoxy groups -OCH3 is 1. The normalized spacial score (nSPS) is 11.3. The number of aromatic nitrogens is 1. The van der Waals surface area contributed by atoms with Crippen molar-refractivity contribution < 1.29 is 22.6 Å². The van der Waals surface area contributed by atoms with Crippen LogP contribution in [0.15, 0.2) is 36.5 Å². The van der Waals surface area contributed by atoms with Crippen LogP contribution in [0.2, 0.25) is 0 Å². The SMILES string of the molecule is COc1cccnc1Oc1ccc(CN)cc1C(F)(F)F. The zero-order chi connectivity index (χ0) is 15.5. The molecule has 2 N–H and O–H groups in total. The fraction of sp³-hybridized carbons (Fsp3) is 0.214. The average Bonchev–Trinajstić information content (AvgIpc) is 2.47. The molecule has 21 heavy (non-hydrogen) atoms. The summed E-state index contributed by atoms with van der Waals surface area (Å²) in [4.78, 5) is 3.87. The number of hydrogen-bond donors (Lipinski definition) is 1. The van der Waals surface area contributed by atoms with Crippen LogP contribution in [-0.4, -0.2) is 12.1 Å². The average molecular weight is 298 g/mol. The van der Waals surface area contributed by atoms with Crippen LogP contribution in [0.25, 0.3) is 0 Å². The summed E-state index contributed by atoms with van der Waals surface area (Å²) < 4.78 is 49.5. The van der Waals surface area contributed by atoms with Gasteiger partial charge in [-0.25, -0.2) is 4.98 Å². The quantitative estimate of drug-likeness (QED) is 0.940. The van der Waals surface area contributed by atoms with E-state index in [1.54, 1.807) is 12.1 Å². The van der Waals surface area contributed by atoms with Gasteiger partial charge in [0.05, 0.1) is 12.7 Å². The Hall–Kier alpha value is -2.28. The molecule has 2 aromatic rings. The molecule has 0 radical (unpaired) electrons. The number of alkyl halides is 3. The second-order valence-electron chi connectivity index (χ2n) is 4.15. The van der Waals surface area contributed by atoms with E-state index in [0.29, 0.717) is 5.56 Å². The highest BCUT2D eigenvalue weighted by Gasteiger charge is 2.35. The van der Waals surface area contributed by atoms with Crippen LogP contribution in [0.5, 0.6) is 17.4 Å². The summed E-state index contributed by atoms with van der Waals surface area (Å²) in [6.07, 6.45) is -3.15. The highest BCUT2D eigenvalue weighted by molar-refractivity contribution is 5.43. The van der Waals surface area contributed by atoms with E-state index in [4.69, 9.17) is 15.2 Å². The van der Waals surface area contributed by atoms with Crippen LogP contribution in [0.4, 0.5) is 13.2 Å². The van der Waals surface area contributed by atoms with E-state index in [-0.39, 0.29) is 23.9 Å². The maximum Gasteiger partial charge on any atom is 0.419 e. The van der Waals surface area contributed by atoms with Crippen LogP contribution >= 0.6 is 0 Å². The summed E-state index contributed by atoms with van der Waals surface area (Å²) >= 11 is 0. The molecular formula is C14H13F3N2O2. The highest BCUT2D eigenvalue weighted by Crippen LogP contribution is 2.39. The fourth-order valence-corrected chi connectivity index (χ4v) is 1.73. The van der Waals surface area contributed by atoms with Gasteiger partial charge in [-0.15, -0.1) is 0 Å². The molecule has 2 rings (SSSR count). The molecule has 0 spiro atoms. The molecule has 0 amide bonds. The molecule has 0 saturated heterocycles. The molecule has 0 aliphatic heterocycles. The molecule has 1 aromatic heterocycles. The van der Waals surface area contributed by atoms with Crippen molar-refractivity contribution in [3.8, 4) is 17.4 Å². The molecule has 0 saturated carbocycles. The Kier molecular flexibility index (Phi) is 4.32. The van der Waals surface area contributed by atoms with Crippen LogP contribution in [-0.2, 0) is 12.7 Å². The first-order chi connectivity index (χ1) is 9.95. The number of pyridine rings is 1. The summed E-state index contributed by atoms with van der Waals surface area (Å²) in [6, 6.07) is 6.79. The lowest BCUT2D eigenvalue weighted by Crippen LogP contribution is -2.09. The predicted molar refractivity (Wildman–Crippen MR) is 70.2 cm³/mol. The number of nitrogens with zero attached hydrogens (tertiary/aromatic N) is 1. The lowest BCUT2D eigenvalue weighted by Gasteiger charge is -2.15. The summed E-state index contributed by atoms with van der Waals surface area (Å²) in [5.41, 5.74) is 4.83. The van der Waals surface area contributed by atoms with Crippen molar-refractivity contribution in [2.45, 2.75) is 12.7 Å². The molecule has 0 aliphatic carbocycles. The standard InChI is InChI=1S/C14H13F3N2O2/c1-20-12-3-2-6-19-13(12)21-11-5-4-9(8-18)7-10(11)14(15,16)17/h2-7H,8,18H2,1H3. The fourth-order valence-electron chi connectivity index (χ4n) is 1.73. The van der Waals surface area contributed by atoms with Crippen LogP contribution in [0.1, 0.15) is 11.1 Å². The Morgan fingerprint density at radius 1 is 1.19 bits per heavy atom. The minimum Gasteiger partial charge on any atom is -0.491 e. The number of nitrogens with two attached hydrogens (primary N) is 1. The molecular weight excluding hydrogens is 285 g/mol. The third-order valence-corrected chi connectivity index (χ3v) is 2.75. The second-order valence-corrected chi connectivity index (χ2v) is 4.15. The zero-order valence-electron chi connectivity index (χ0n) is 11.1. The molecule has 7 heteroatoms. The first-order valence-corrected chi connectivity index (χ1v) is 6.02. The van der Waals surface area contributed by atoms with Gasteiger partial charge in [0, 0.05) is 12.7 Å². The van der Waals surface area contributed by atoms with Crippen molar-refractivity contribution in [2.24, 2.45) is 5.73 Å². The molecule has 4 nitrogen and oxygen atoms in total. The van der Waals surface area contributed by atoms with Crippen LogP contribution in [0.3, 0.4) is 0 Å². The monoisotopic (exact) mass is 298 g/mol. The van der Waals surface area contributed by atoms with E-state index < -0.39 is 11.7 Å². The van der Waals surface area contributed by atoms with Gasteiger partial charge in [-0.3, -0.25) is 0 Å². The number of ether oxygens (including phenoxy) is 2. The number of benzene rings is 1. The smallest absolute Gasteiger partial charge is 0.419 e. The Bertz CT molecular complexity index is 630. The molecule has 1 heterocycles. The summed E-state index contributed by atoms with van der Waals surface area (Å²) in [5.74, 6) is -0.142. The lowest BCUT2D eigenvalue weighted by molar-refractivity contribution is -0.138. The van der Waals surface area contributed by atoms with E-state index in [1.807, 2.05) is 0 Å². The Morgan fingerprint density at radius 2 is 1.95 bits per heavy atom. The van der Waals surface area contributed by atoms with Crippen molar-refractivity contribution in [1.29, 1.82) is 0 Å². The van der Waals surface area contributed by atoms with Gasteiger partial charge < -0.3 is 15.2 Å². The highest BCUT2D eigenvalue weighted by atomic mass is 19.4. The minimum atomic E-state index is -4.55. The van der Waals surface area contributed by atoms with Gasteiger partial charge in [-0.1, -0.05) is 6.07 Å². The van der Waals surface area contributed by atoms with E-state index in [2.05, 4.69) is 4.98 Å². The van der Waals surface area contributed by atoms with Gasteiger partial charge >= 0.3 is 6.18 Å². The molecule has 1 aromatic carbocycles. The van der Waals surface area contributed by atoms with E-state index in [1.165, 1.54) is 25.4 Å². The Balaban J connectivity index is 2.44. The van der Waals surface area contributed by atoms with Gasteiger partial charge in [0.25, 0.3) is 5.88 Å².